The Morgan fingerprint density at radius 2 is 1.66 bits per heavy atom. The molecule has 7 heteroatoms. The molecule has 1 saturated heterocycles. The second-order valence-corrected chi connectivity index (χ2v) is 11.3. The van der Waals surface area contributed by atoms with Gasteiger partial charge in [0, 0.05) is 41.8 Å². The number of nitrogens with zero attached hydrogens (tertiary/aromatic N) is 2. The van der Waals surface area contributed by atoms with Gasteiger partial charge in [-0.25, -0.2) is 8.42 Å². The standard InChI is InChI=1S/C25H25ClN2O3S/c1-16-4-3-5-22(17(16)2)23-10-11-24-19-12-18(14-28(24)25(23)29)13-27(15-19)32(30,31)21-8-6-20(26)7-9-21/h3-11,18-19H,12-15H2,1-2H3/t18-,19-/m1/s1. The number of aryl methyl sites for hydroxylation is 1. The van der Waals surface area contributed by atoms with E-state index < -0.39 is 10.0 Å². The number of fused-ring (bicyclic) bond motifs is 4. The van der Waals surface area contributed by atoms with Gasteiger partial charge in [-0.15, -0.1) is 0 Å². The van der Waals surface area contributed by atoms with Gasteiger partial charge in [-0.3, -0.25) is 4.79 Å². The van der Waals surface area contributed by atoms with Gasteiger partial charge in [-0.05, 0) is 79.3 Å². The first-order valence-electron chi connectivity index (χ1n) is 10.8. The predicted octanol–water partition coefficient (Wildman–Crippen LogP) is 4.59. The summed E-state index contributed by atoms with van der Waals surface area (Å²) in [5.74, 6) is 0.111. The number of hydrogen-bond acceptors (Lipinski definition) is 3. The van der Waals surface area contributed by atoms with Crippen molar-refractivity contribution in [2.45, 2.75) is 37.6 Å². The molecule has 32 heavy (non-hydrogen) atoms. The molecular weight excluding hydrogens is 444 g/mol. The highest BCUT2D eigenvalue weighted by Crippen LogP contribution is 2.38. The van der Waals surface area contributed by atoms with Gasteiger partial charge in [0.05, 0.1) is 4.90 Å². The summed E-state index contributed by atoms with van der Waals surface area (Å²) < 4.78 is 29.9. The van der Waals surface area contributed by atoms with Crippen LogP contribution >= 0.6 is 11.6 Å². The van der Waals surface area contributed by atoms with Gasteiger partial charge in [-0.2, -0.15) is 4.31 Å². The van der Waals surface area contributed by atoms with Crippen LogP contribution in [0.4, 0.5) is 0 Å². The van der Waals surface area contributed by atoms with Crippen LogP contribution in [0.2, 0.25) is 5.02 Å². The molecule has 2 aliphatic rings. The first-order valence-corrected chi connectivity index (χ1v) is 12.6. The van der Waals surface area contributed by atoms with Gasteiger partial charge in [-0.1, -0.05) is 29.8 Å². The first-order chi connectivity index (χ1) is 15.3. The molecule has 2 bridgehead atoms. The Morgan fingerprint density at radius 3 is 2.41 bits per heavy atom. The summed E-state index contributed by atoms with van der Waals surface area (Å²) >= 11 is 5.93. The molecule has 166 valence electrons. The van der Waals surface area contributed by atoms with E-state index in [-0.39, 0.29) is 22.3 Å². The number of sulfonamides is 1. The minimum absolute atomic E-state index is 0.00457. The van der Waals surface area contributed by atoms with Crippen LogP contribution in [-0.2, 0) is 16.6 Å². The van der Waals surface area contributed by atoms with E-state index in [1.165, 1.54) is 0 Å². The Morgan fingerprint density at radius 1 is 0.906 bits per heavy atom. The smallest absolute Gasteiger partial charge is 0.258 e. The van der Waals surface area contributed by atoms with Crippen molar-refractivity contribution < 1.29 is 8.42 Å². The molecule has 1 fully saturated rings. The van der Waals surface area contributed by atoms with E-state index in [0.717, 1.165) is 28.8 Å². The maximum absolute atomic E-state index is 13.5. The Bertz CT molecular complexity index is 1360. The second kappa shape index (κ2) is 7.87. The maximum Gasteiger partial charge on any atom is 0.258 e. The van der Waals surface area contributed by atoms with Crippen molar-refractivity contribution in [3.05, 3.63) is 86.8 Å². The summed E-state index contributed by atoms with van der Waals surface area (Å²) in [6.07, 6.45) is 0.898. The average molecular weight is 469 g/mol. The van der Waals surface area contributed by atoms with Crippen molar-refractivity contribution >= 4 is 21.6 Å². The fourth-order valence-electron chi connectivity index (χ4n) is 5.10. The zero-order chi connectivity index (χ0) is 22.6. The summed E-state index contributed by atoms with van der Waals surface area (Å²) in [4.78, 5) is 13.7. The second-order valence-electron chi connectivity index (χ2n) is 8.91. The molecule has 0 radical (unpaired) electrons. The van der Waals surface area contributed by atoms with Crippen molar-refractivity contribution in [2.75, 3.05) is 13.1 Å². The van der Waals surface area contributed by atoms with Gasteiger partial charge in [0.25, 0.3) is 5.56 Å². The van der Waals surface area contributed by atoms with Crippen molar-refractivity contribution in [3.8, 4) is 11.1 Å². The molecule has 2 aliphatic heterocycles. The SMILES string of the molecule is Cc1cccc(-c2ccc3n(c2=O)C[C@@H]2C[C@@H]3CN(S(=O)(=O)c3ccc(Cl)cc3)C2)c1C. The summed E-state index contributed by atoms with van der Waals surface area (Å²) in [5.41, 5.74) is 4.88. The summed E-state index contributed by atoms with van der Waals surface area (Å²) in [7, 11) is -3.61. The fraction of sp³-hybridized carbons (Fsp3) is 0.320. The number of hydrogen-bond donors (Lipinski definition) is 0. The first kappa shape index (κ1) is 21.4. The molecule has 0 aliphatic carbocycles. The fourth-order valence-corrected chi connectivity index (χ4v) is 6.79. The van der Waals surface area contributed by atoms with Gasteiger partial charge in [0.2, 0.25) is 10.0 Å². The highest BCUT2D eigenvalue weighted by molar-refractivity contribution is 7.89. The van der Waals surface area contributed by atoms with Crippen LogP contribution in [0.15, 0.2) is 64.3 Å². The van der Waals surface area contributed by atoms with Crippen molar-refractivity contribution in [3.63, 3.8) is 0 Å². The molecule has 2 aromatic carbocycles. The molecular formula is C25H25ClN2O3S. The molecule has 5 nitrogen and oxygen atoms in total. The third kappa shape index (κ3) is 3.51. The molecule has 0 saturated carbocycles. The molecule has 0 unspecified atom stereocenters. The Hall–Kier alpha value is -2.41. The van der Waals surface area contributed by atoms with Crippen LogP contribution in [0.1, 0.15) is 29.2 Å². The van der Waals surface area contributed by atoms with E-state index in [1.807, 2.05) is 35.8 Å². The van der Waals surface area contributed by atoms with Gasteiger partial charge < -0.3 is 4.57 Å². The molecule has 0 amide bonds. The molecule has 0 spiro atoms. The lowest BCUT2D eigenvalue weighted by Gasteiger charge is -2.42. The zero-order valence-electron chi connectivity index (χ0n) is 18.1. The third-order valence-electron chi connectivity index (χ3n) is 6.92. The highest BCUT2D eigenvalue weighted by Gasteiger charge is 2.39. The number of pyridine rings is 1. The Kier molecular flexibility index (Phi) is 5.27. The summed E-state index contributed by atoms with van der Waals surface area (Å²) in [5, 5.41) is 0.507. The normalized spacial score (nSPS) is 20.7. The third-order valence-corrected chi connectivity index (χ3v) is 9.01. The zero-order valence-corrected chi connectivity index (χ0v) is 19.7. The summed E-state index contributed by atoms with van der Waals surface area (Å²) in [6.45, 7) is 5.43. The molecule has 2 atom stereocenters. The number of benzene rings is 2. The molecule has 3 aromatic rings. The van der Waals surface area contributed by atoms with Crippen LogP contribution in [0, 0.1) is 19.8 Å². The van der Waals surface area contributed by atoms with Gasteiger partial charge in [0.15, 0.2) is 0 Å². The van der Waals surface area contributed by atoms with E-state index in [9.17, 15) is 13.2 Å². The maximum atomic E-state index is 13.5. The van der Waals surface area contributed by atoms with E-state index >= 15 is 0 Å². The average Bonchev–Trinajstić information content (AvgIpc) is 2.77. The lowest BCUT2D eigenvalue weighted by molar-refractivity contribution is 0.186. The van der Waals surface area contributed by atoms with Crippen LogP contribution < -0.4 is 5.56 Å². The number of halogens is 1. The Balaban J connectivity index is 1.51. The number of aromatic nitrogens is 1. The monoisotopic (exact) mass is 468 g/mol. The summed E-state index contributed by atoms with van der Waals surface area (Å²) in [6, 6.07) is 16.3. The Labute approximate surface area is 193 Å². The molecule has 1 aromatic heterocycles. The minimum atomic E-state index is -3.61. The quantitative estimate of drug-likeness (QED) is 0.564. The topological polar surface area (TPSA) is 59.4 Å². The number of piperidine rings is 1. The molecule has 3 heterocycles. The van der Waals surface area contributed by atoms with Gasteiger partial charge in [0.1, 0.15) is 0 Å². The van der Waals surface area contributed by atoms with Crippen LogP contribution in [-0.4, -0.2) is 30.4 Å². The minimum Gasteiger partial charge on any atom is -0.311 e. The van der Waals surface area contributed by atoms with Crippen LogP contribution in [0.5, 0.6) is 0 Å². The van der Waals surface area contributed by atoms with E-state index in [2.05, 4.69) is 13.0 Å². The van der Waals surface area contributed by atoms with E-state index in [1.54, 1.807) is 28.6 Å². The van der Waals surface area contributed by atoms with Gasteiger partial charge >= 0.3 is 0 Å². The van der Waals surface area contributed by atoms with Crippen molar-refractivity contribution in [1.82, 2.24) is 8.87 Å². The predicted molar refractivity (Wildman–Crippen MR) is 127 cm³/mol. The van der Waals surface area contributed by atoms with Crippen molar-refractivity contribution in [1.29, 1.82) is 0 Å². The highest BCUT2D eigenvalue weighted by atomic mass is 35.5. The van der Waals surface area contributed by atoms with Crippen LogP contribution in [0.25, 0.3) is 11.1 Å². The lowest BCUT2D eigenvalue weighted by Crippen LogP contribution is -2.49. The lowest BCUT2D eigenvalue weighted by atomic mass is 9.83. The molecule has 5 rings (SSSR count). The van der Waals surface area contributed by atoms with Crippen LogP contribution in [0.3, 0.4) is 0 Å². The van der Waals surface area contributed by atoms with E-state index in [0.29, 0.717) is 30.2 Å². The van der Waals surface area contributed by atoms with E-state index in [4.69, 9.17) is 11.6 Å². The van der Waals surface area contributed by atoms with Crippen molar-refractivity contribution in [2.24, 2.45) is 5.92 Å². The largest absolute Gasteiger partial charge is 0.311 e. The molecule has 0 N–H and O–H groups in total. The number of rotatable bonds is 3.